The van der Waals surface area contributed by atoms with E-state index in [4.69, 9.17) is 11.6 Å². The Morgan fingerprint density at radius 2 is 1.72 bits per heavy atom. The predicted molar refractivity (Wildman–Crippen MR) is 77.9 cm³/mol. The van der Waals surface area contributed by atoms with Crippen molar-refractivity contribution in [2.75, 3.05) is 11.9 Å². The third kappa shape index (κ3) is 6.25. The molecule has 1 aromatic carbocycles. The van der Waals surface area contributed by atoms with Crippen molar-refractivity contribution in [3.05, 3.63) is 29.0 Å². The smallest absolute Gasteiger partial charge is 0.143 e. The van der Waals surface area contributed by atoms with Crippen molar-refractivity contribution in [2.45, 2.75) is 51.9 Å². The number of unbranched alkanes of at least 4 members (excludes halogenated alkanes) is 6. The van der Waals surface area contributed by atoms with Gasteiger partial charge in [-0.05, 0) is 24.6 Å². The minimum atomic E-state index is -0.360. The van der Waals surface area contributed by atoms with E-state index >= 15 is 0 Å². The summed E-state index contributed by atoms with van der Waals surface area (Å²) in [5.41, 5.74) is 0.808. The molecule has 1 nitrogen and oxygen atoms in total. The standard InChI is InChI=1S/C15H23ClFN/c1-2-3-4-5-6-7-8-11-18-13-9-10-14(16)15(17)12-13/h9-10,12,18H,2-8,11H2,1H3. The molecule has 0 amide bonds. The molecule has 0 aliphatic heterocycles. The normalized spacial score (nSPS) is 10.6. The van der Waals surface area contributed by atoms with Gasteiger partial charge in [-0.3, -0.25) is 0 Å². The Kier molecular flexibility index (Phi) is 7.83. The van der Waals surface area contributed by atoms with Crippen LogP contribution in [0.25, 0.3) is 0 Å². The SMILES string of the molecule is CCCCCCCCCNc1ccc(Cl)c(F)c1. The molecule has 1 N–H and O–H groups in total. The van der Waals surface area contributed by atoms with Crippen LogP contribution < -0.4 is 5.32 Å². The lowest BCUT2D eigenvalue weighted by molar-refractivity contribution is 0.596. The van der Waals surface area contributed by atoms with Gasteiger partial charge in [-0.25, -0.2) is 4.39 Å². The summed E-state index contributed by atoms with van der Waals surface area (Å²) in [6, 6.07) is 4.85. The molecule has 0 heterocycles. The highest BCUT2D eigenvalue weighted by Gasteiger charge is 2.00. The van der Waals surface area contributed by atoms with E-state index in [1.807, 2.05) is 6.07 Å². The van der Waals surface area contributed by atoms with Crippen molar-refractivity contribution < 1.29 is 4.39 Å². The Morgan fingerprint density at radius 3 is 2.39 bits per heavy atom. The van der Waals surface area contributed by atoms with E-state index < -0.39 is 0 Å². The van der Waals surface area contributed by atoms with Crippen molar-refractivity contribution in [1.82, 2.24) is 0 Å². The summed E-state index contributed by atoms with van der Waals surface area (Å²) < 4.78 is 13.2. The molecular weight excluding hydrogens is 249 g/mol. The number of nitrogens with one attached hydrogen (secondary N) is 1. The Labute approximate surface area is 115 Å². The highest BCUT2D eigenvalue weighted by molar-refractivity contribution is 6.30. The van der Waals surface area contributed by atoms with E-state index in [9.17, 15) is 4.39 Å². The highest BCUT2D eigenvalue weighted by atomic mass is 35.5. The van der Waals surface area contributed by atoms with E-state index in [0.717, 1.165) is 18.7 Å². The lowest BCUT2D eigenvalue weighted by Crippen LogP contribution is -2.01. The Hall–Kier alpha value is -0.760. The van der Waals surface area contributed by atoms with Gasteiger partial charge < -0.3 is 5.32 Å². The van der Waals surface area contributed by atoms with Crippen LogP contribution in [0.2, 0.25) is 5.02 Å². The fourth-order valence-corrected chi connectivity index (χ4v) is 2.04. The third-order valence-corrected chi connectivity index (χ3v) is 3.34. The first-order valence-electron chi connectivity index (χ1n) is 6.93. The average Bonchev–Trinajstić information content (AvgIpc) is 2.37. The molecule has 102 valence electrons. The van der Waals surface area contributed by atoms with E-state index in [-0.39, 0.29) is 10.8 Å². The van der Waals surface area contributed by atoms with Crippen molar-refractivity contribution in [1.29, 1.82) is 0 Å². The fraction of sp³-hybridized carbons (Fsp3) is 0.600. The second kappa shape index (κ2) is 9.21. The maximum Gasteiger partial charge on any atom is 0.143 e. The van der Waals surface area contributed by atoms with Gasteiger partial charge in [0.05, 0.1) is 5.02 Å². The molecule has 0 aliphatic carbocycles. The Balaban J connectivity index is 2.05. The molecule has 1 rings (SSSR count). The van der Waals surface area contributed by atoms with E-state index in [0.29, 0.717) is 0 Å². The molecule has 0 fully saturated rings. The van der Waals surface area contributed by atoms with Gasteiger partial charge >= 0.3 is 0 Å². The minimum absolute atomic E-state index is 0.177. The number of halogens is 2. The van der Waals surface area contributed by atoms with Gasteiger partial charge in [0.15, 0.2) is 0 Å². The summed E-state index contributed by atoms with van der Waals surface area (Å²) in [6.45, 7) is 3.13. The van der Waals surface area contributed by atoms with Gasteiger partial charge in [0, 0.05) is 12.2 Å². The molecule has 0 atom stereocenters. The van der Waals surface area contributed by atoms with Crippen molar-refractivity contribution in [3.63, 3.8) is 0 Å². The summed E-state index contributed by atoms with van der Waals surface area (Å²) in [6.07, 6.45) is 9.02. The lowest BCUT2D eigenvalue weighted by Gasteiger charge is -2.07. The summed E-state index contributed by atoms with van der Waals surface area (Å²) in [4.78, 5) is 0. The van der Waals surface area contributed by atoms with Crippen LogP contribution in [-0.4, -0.2) is 6.54 Å². The van der Waals surface area contributed by atoms with E-state index in [1.54, 1.807) is 6.07 Å². The molecule has 18 heavy (non-hydrogen) atoms. The Morgan fingerprint density at radius 1 is 1.06 bits per heavy atom. The quantitative estimate of drug-likeness (QED) is 0.573. The first-order chi connectivity index (χ1) is 8.74. The zero-order chi connectivity index (χ0) is 13.2. The van der Waals surface area contributed by atoms with Crippen LogP contribution >= 0.6 is 11.6 Å². The molecule has 0 bridgehead atoms. The lowest BCUT2D eigenvalue weighted by atomic mass is 10.1. The van der Waals surface area contributed by atoms with E-state index in [1.165, 1.54) is 44.6 Å². The zero-order valence-electron chi connectivity index (χ0n) is 11.1. The van der Waals surface area contributed by atoms with Gasteiger partial charge in [0.25, 0.3) is 0 Å². The molecule has 0 saturated heterocycles. The van der Waals surface area contributed by atoms with Crippen LogP contribution in [0.1, 0.15) is 51.9 Å². The Bertz CT molecular complexity index is 341. The van der Waals surface area contributed by atoms with Gasteiger partial charge in [0.2, 0.25) is 0 Å². The van der Waals surface area contributed by atoms with Crippen LogP contribution in [-0.2, 0) is 0 Å². The summed E-state index contributed by atoms with van der Waals surface area (Å²) in [7, 11) is 0. The minimum Gasteiger partial charge on any atom is -0.385 e. The van der Waals surface area contributed by atoms with Crippen LogP contribution in [0.4, 0.5) is 10.1 Å². The van der Waals surface area contributed by atoms with Crippen LogP contribution in [0.15, 0.2) is 18.2 Å². The van der Waals surface area contributed by atoms with E-state index in [2.05, 4.69) is 12.2 Å². The number of rotatable bonds is 9. The number of hydrogen-bond acceptors (Lipinski definition) is 1. The molecule has 1 aromatic rings. The van der Waals surface area contributed by atoms with Crippen molar-refractivity contribution in [2.24, 2.45) is 0 Å². The number of hydrogen-bond donors (Lipinski definition) is 1. The zero-order valence-corrected chi connectivity index (χ0v) is 11.9. The van der Waals surface area contributed by atoms with Crippen molar-refractivity contribution in [3.8, 4) is 0 Å². The average molecular weight is 272 g/mol. The molecule has 0 spiro atoms. The first kappa shape index (κ1) is 15.3. The summed E-state index contributed by atoms with van der Waals surface area (Å²) in [5, 5.41) is 3.39. The fourth-order valence-electron chi connectivity index (χ4n) is 1.92. The summed E-state index contributed by atoms with van der Waals surface area (Å²) in [5.74, 6) is -0.360. The number of anilines is 1. The molecular formula is C15H23ClFN. The maximum absolute atomic E-state index is 13.2. The monoisotopic (exact) mass is 271 g/mol. The second-order valence-electron chi connectivity index (χ2n) is 4.68. The maximum atomic E-state index is 13.2. The molecule has 0 unspecified atom stereocenters. The third-order valence-electron chi connectivity index (χ3n) is 3.03. The highest BCUT2D eigenvalue weighted by Crippen LogP contribution is 2.18. The number of benzene rings is 1. The van der Waals surface area contributed by atoms with Gasteiger partial charge in [-0.15, -0.1) is 0 Å². The molecule has 3 heteroatoms. The first-order valence-corrected chi connectivity index (χ1v) is 7.30. The largest absolute Gasteiger partial charge is 0.385 e. The molecule has 0 aliphatic rings. The second-order valence-corrected chi connectivity index (χ2v) is 5.08. The molecule has 0 radical (unpaired) electrons. The predicted octanol–water partition coefficient (Wildman–Crippen LogP) is 5.64. The van der Waals surface area contributed by atoms with Crippen molar-refractivity contribution >= 4 is 17.3 Å². The van der Waals surface area contributed by atoms with Gasteiger partial charge in [-0.1, -0.05) is 57.0 Å². The molecule has 0 aromatic heterocycles. The van der Waals surface area contributed by atoms with Crippen LogP contribution in [0.5, 0.6) is 0 Å². The molecule has 0 saturated carbocycles. The van der Waals surface area contributed by atoms with Gasteiger partial charge in [0.1, 0.15) is 5.82 Å². The summed E-state index contributed by atoms with van der Waals surface area (Å²) >= 11 is 5.62. The van der Waals surface area contributed by atoms with Crippen LogP contribution in [0, 0.1) is 5.82 Å². The van der Waals surface area contributed by atoms with Crippen LogP contribution in [0.3, 0.4) is 0 Å². The topological polar surface area (TPSA) is 12.0 Å². The van der Waals surface area contributed by atoms with Gasteiger partial charge in [-0.2, -0.15) is 0 Å².